The zero-order chi connectivity index (χ0) is 17.7. The van der Waals surface area contributed by atoms with Crippen molar-refractivity contribution in [2.24, 2.45) is 0 Å². The van der Waals surface area contributed by atoms with Crippen molar-refractivity contribution in [2.75, 3.05) is 20.8 Å². The molecule has 24 heavy (non-hydrogen) atoms. The Morgan fingerprint density at radius 2 is 1.54 bits per heavy atom. The van der Waals surface area contributed by atoms with Gasteiger partial charge in [0.05, 0.1) is 29.8 Å². The molecule has 0 saturated carbocycles. The third kappa shape index (κ3) is 4.19. The molecule has 0 aliphatic rings. The van der Waals surface area contributed by atoms with Crippen LogP contribution in [0.15, 0.2) is 36.4 Å². The lowest BCUT2D eigenvalue weighted by atomic mass is 10.1. The monoisotopic (exact) mass is 368 g/mol. The van der Waals surface area contributed by atoms with E-state index in [1.54, 1.807) is 12.1 Å². The van der Waals surface area contributed by atoms with Crippen LogP contribution in [0.25, 0.3) is 0 Å². The minimum Gasteiger partial charge on any atom is -0.493 e. The average Bonchev–Trinajstić information content (AvgIpc) is 2.60. The highest BCUT2D eigenvalue weighted by atomic mass is 35.5. The largest absolute Gasteiger partial charge is 0.493 e. The first-order valence-electron chi connectivity index (χ1n) is 6.83. The van der Waals surface area contributed by atoms with Crippen LogP contribution in [0, 0.1) is 0 Å². The Bertz CT molecular complexity index is 774. The third-order valence-corrected chi connectivity index (χ3v) is 3.93. The lowest BCUT2D eigenvalue weighted by molar-refractivity contribution is 0.0474. The quantitative estimate of drug-likeness (QED) is 0.568. The highest BCUT2D eigenvalue weighted by Crippen LogP contribution is 2.28. The van der Waals surface area contributed by atoms with Gasteiger partial charge in [-0.1, -0.05) is 23.2 Å². The number of carbonyl (C=O) groups excluding carboxylic acids is 2. The Morgan fingerprint density at radius 1 is 0.875 bits per heavy atom. The van der Waals surface area contributed by atoms with Gasteiger partial charge in [-0.3, -0.25) is 4.79 Å². The number of methoxy groups -OCH3 is 2. The first kappa shape index (κ1) is 18.1. The summed E-state index contributed by atoms with van der Waals surface area (Å²) < 4.78 is 15.2. The lowest BCUT2D eigenvalue weighted by Crippen LogP contribution is -2.14. The zero-order valence-electron chi connectivity index (χ0n) is 13.0. The third-order valence-electron chi connectivity index (χ3n) is 3.20. The van der Waals surface area contributed by atoms with Crippen LogP contribution >= 0.6 is 23.2 Å². The molecule has 2 rings (SSSR count). The van der Waals surface area contributed by atoms with E-state index in [4.69, 9.17) is 37.4 Å². The number of Topliss-reactive ketones (excluding diaryl/α,β-unsaturated/α-hetero) is 1. The molecule has 0 aromatic heterocycles. The number of hydrogen-bond acceptors (Lipinski definition) is 5. The highest BCUT2D eigenvalue weighted by molar-refractivity contribution is 6.42. The minimum atomic E-state index is -0.664. The van der Waals surface area contributed by atoms with Crippen molar-refractivity contribution in [1.82, 2.24) is 0 Å². The Morgan fingerprint density at radius 3 is 2.17 bits per heavy atom. The van der Waals surface area contributed by atoms with Crippen LogP contribution in [0.1, 0.15) is 20.7 Å². The number of benzene rings is 2. The second kappa shape index (κ2) is 8.04. The molecule has 0 fully saturated rings. The SMILES string of the molecule is COc1ccc(C(=O)COC(=O)c2ccc(Cl)c(Cl)c2)cc1OC. The Kier molecular flexibility index (Phi) is 6.06. The van der Waals surface area contributed by atoms with Crippen LogP contribution in [0.5, 0.6) is 11.5 Å². The van der Waals surface area contributed by atoms with Crippen molar-refractivity contribution < 1.29 is 23.8 Å². The molecular formula is C17H14Cl2O5. The number of rotatable bonds is 6. The summed E-state index contributed by atoms with van der Waals surface area (Å²) in [4.78, 5) is 24.1. The number of carbonyl (C=O) groups is 2. The van der Waals surface area contributed by atoms with Gasteiger partial charge >= 0.3 is 5.97 Å². The second-order valence-electron chi connectivity index (χ2n) is 4.70. The van der Waals surface area contributed by atoms with E-state index in [-0.39, 0.29) is 16.4 Å². The van der Waals surface area contributed by atoms with Crippen molar-refractivity contribution in [3.8, 4) is 11.5 Å². The number of ether oxygens (including phenoxy) is 3. The van der Waals surface area contributed by atoms with Gasteiger partial charge in [0.2, 0.25) is 0 Å². The standard InChI is InChI=1S/C17H14Cl2O5/c1-22-15-6-4-10(8-16(15)23-2)14(20)9-24-17(21)11-3-5-12(18)13(19)7-11/h3-8H,9H2,1-2H3. The Balaban J connectivity index is 2.04. The summed E-state index contributed by atoms with van der Waals surface area (Å²) in [5.41, 5.74) is 0.555. The van der Waals surface area contributed by atoms with Crippen molar-refractivity contribution in [3.05, 3.63) is 57.6 Å². The molecule has 0 N–H and O–H groups in total. The first-order chi connectivity index (χ1) is 11.5. The molecule has 0 heterocycles. The molecule has 126 valence electrons. The maximum atomic E-state index is 12.1. The number of esters is 1. The maximum absolute atomic E-state index is 12.1. The molecule has 7 heteroatoms. The molecular weight excluding hydrogens is 355 g/mol. The van der Waals surface area contributed by atoms with Gasteiger partial charge in [-0.2, -0.15) is 0 Å². The van der Waals surface area contributed by atoms with Crippen molar-refractivity contribution in [2.45, 2.75) is 0 Å². The number of ketones is 1. The van der Waals surface area contributed by atoms with Crippen LogP contribution < -0.4 is 9.47 Å². The van der Waals surface area contributed by atoms with Gasteiger partial charge in [0.25, 0.3) is 0 Å². The summed E-state index contributed by atoms with van der Waals surface area (Å²) >= 11 is 11.6. The van der Waals surface area contributed by atoms with Crippen LogP contribution in [-0.2, 0) is 4.74 Å². The van der Waals surface area contributed by atoms with Gasteiger partial charge in [0.1, 0.15) is 0 Å². The summed E-state index contributed by atoms with van der Waals surface area (Å²) in [6, 6.07) is 9.03. The van der Waals surface area contributed by atoms with Crippen molar-refractivity contribution in [3.63, 3.8) is 0 Å². The Hall–Kier alpha value is -2.24. The summed E-state index contributed by atoms with van der Waals surface area (Å²) in [6.07, 6.45) is 0. The van der Waals surface area contributed by atoms with E-state index in [1.807, 2.05) is 0 Å². The van der Waals surface area contributed by atoms with E-state index in [9.17, 15) is 9.59 Å². The van der Waals surface area contributed by atoms with Crippen molar-refractivity contribution >= 4 is 35.0 Å². The molecule has 2 aromatic carbocycles. The average molecular weight is 369 g/mol. The number of halogens is 2. The minimum absolute atomic E-state index is 0.213. The summed E-state index contributed by atoms with van der Waals surface area (Å²) in [6.45, 7) is -0.408. The maximum Gasteiger partial charge on any atom is 0.338 e. The molecule has 5 nitrogen and oxygen atoms in total. The van der Waals surface area contributed by atoms with Gasteiger partial charge in [-0.05, 0) is 36.4 Å². The first-order valence-corrected chi connectivity index (χ1v) is 7.59. The van der Waals surface area contributed by atoms with Crippen LogP contribution in [0.2, 0.25) is 10.0 Å². The van der Waals surface area contributed by atoms with Crippen LogP contribution in [0.3, 0.4) is 0 Å². The van der Waals surface area contributed by atoms with E-state index in [0.717, 1.165) is 0 Å². The van der Waals surface area contributed by atoms with E-state index >= 15 is 0 Å². The zero-order valence-corrected chi connectivity index (χ0v) is 14.5. The van der Waals surface area contributed by atoms with E-state index in [1.165, 1.54) is 38.5 Å². The molecule has 0 unspecified atom stereocenters. The summed E-state index contributed by atoms with van der Waals surface area (Å²) in [5.74, 6) is -0.118. The van der Waals surface area contributed by atoms with E-state index in [2.05, 4.69) is 0 Å². The second-order valence-corrected chi connectivity index (χ2v) is 5.51. The fourth-order valence-electron chi connectivity index (χ4n) is 1.93. The normalized spacial score (nSPS) is 10.2. The van der Waals surface area contributed by atoms with E-state index in [0.29, 0.717) is 22.1 Å². The fourth-order valence-corrected chi connectivity index (χ4v) is 2.23. The summed E-state index contributed by atoms with van der Waals surface area (Å²) in [5, 5.41) is 0.562. The van der Waals surface area contributed by atoms with Crippen LogP contribution in [-0.4, -0.2) is 32.6 Å². The molecule has 0 saturated heterocycles. The van der Waals surface area contributed by atoms with Crippen LogP contribution in [0.4, 0.5) is 0 Å². The smallest absolute Gasteiger partial charge is 0.338 e. The van der Waals surface area contributed by atoms with Gasteiger partial charge in [0.15, 0.2) is 23.9 Å². The molecule has 2 aromatic rings. The molecule has 0 aliphatic carbocycles. The highest BCUT2D eigenvalue weighted by Gasteiger charge is 2.15. The number of hydrogen-bond donors (Lipinski definition) is 0. The predicted octanol–water partition coefficient (Wildman–Crippen LogP) is 4.05. The van der Waals surface area contributed by atoms with Crippen molar-refractivity contribution in [1.29, 1.82) is 0 Å². The van der Waals surface area contributed by atoms with E-state index < -0.39 is 12.6 Å². The van der Waals surface area contributed by atoms with Gasteiger partial charge in [-0.25, -0.2) is 4.79 Å². The molecule has 0 atom stereocenters. The lowest BCUT2D eigenvalue weighted by Gasteiger charge is -2.09. The van der Waals surface area contributed by atoms with Gasteiger partial charge in [-0.15, -0.1) is 0 Å². The fraction of sp³-hybridized carbons (Fsp3) is 0.176. The molecule has 0 aliphatic heterocycles. The topological polar surface area (TPSA) is 61.8 Å². The molecule has 0 amide bonds. The Labute approximate surface area is 149 Å². The predicted molar refractivity (Wildman–Crippen MR) is 90.6 cm³/mol. The molecule has 0 bridgehead atoms. The van der Waals surface area contributed by atoms with Gasteiger partial charge in [0, 0.05) is 5.56 Å². The molecule has 0 radical (unpaired) electrons. The summed E-state index contributed by atoms with van der Waals surface area (Å²) in [7, 11) is 2.97. The molecule has 0 spiro atoms. The van der Waals surface area contributed by atoms with Gasteiger partial charge < -0.3 is 14.2 Å².